The first-order chi connectivity index (χ1) is 14.8. The van der Waals surface area contributed by atoms with E-state index in [9.17, 15) is 4.79 Å². The molecular weight excluding hydrogens is 388 g/mol. The third-order valence-corrected chi connectivity index (χ3v) is 6.19. The molecule has 1 aliphatic carbocycles. The Labute approximate surface area is 183 Å². The average molecular weight is 421 g/mol. The lowest BCUT2D eigenvalue weighted by molar-refractivity contribution is 0.0443. The first kappa shape index (κ1) is 21.3. The Kier molecular flexibility index (Phi) is 5.50. The van der Waals surface area contributed by atoms with Crippen molar-refractivity contribution in [3.8, 4) is 11.3 Å². The number of rotatable bonds is 6. The molecular formula is C25H32N4O2. The highest BCUT2D eigenvalue weighted by atomic mass is 16.6. The Balaban J connectivity index is 1.66. The zero-order valence-electron chi connectivity index (χ0n) is 19.1. The third-order valence-electron chi connectivity index (χ3n) is 6.19. The van der Waals surface area contributed by atoms with Gasteiger partial charge in [-0.2, -0.15) is 5.10 Å². The Morgan fingerprint density at radius 3 is 2.45 bits per heavy atom. The van der Waals surface area contributed by atoms with Crippen molar-refractivity contribution in [3.05, 3.63) is 47.8 Å². The monoisotopic (exact) mass is 420 g/mol. The van der Waals surface area contributed by atoms with Crippen molar-refractivity contribution in [1.29, 1.82) is 0 Å². The summed E-state index contributed by atoms with van der Waals surface area (Å²) in [7, 11) is 0. The number of fused-ring (bicyclic) bond motifs is 1. The van der Waals surface area contributed by atoms with Crippen LogP contribution in [-0.4, -0.2) is 26.9 Å². The number of nitrogens with one attached hydrogen (secondary N) is 2. The minimum absolute atomic E-state index is 0.401. The van der Waals surface area contributed by atoms with Gasteiger partial charge in [-0.25, -0.2) is 4.79 Å². The molecule has 0 bridgehead atoms. The zero-order chi connectivity index (χ0) is 22.2. The summed E-state index contributed by atoms with van der Waals surface area (Å²) in [6.07, 6.45) is 7.34. The third kappa shape index (κ3) is 4.29. The zero-order valence-corrected chi connectivity index (χ0v) is 19.1. The number of aromatic amines is 1. The van der Waals surface area contributed by atoms with Crippen LogP contribution < -0.4 is 5.32 Å². The van der Waals surface area contributed by atoms with Gasteiger partial charge >= 0.3 is 6.09 Å². The number of H-pyrrole nitrogens is 1. The van der Waals surface area contributed by atoms with E-state index >= 15 is 0 Å². The fourth-order valence-electron chi connectivity index (χ4n) is 4.32. The van der Waals surface area contributed by atoms with Crippen LogP contribution in [0.3, 0.4) is 0 Å². The Hall–Kier alpha value is -2.89. The predicted molar refractivity (Wildman–Crippen MR) is 123 cm³/mol. The molecule has 6 nitrogen and oxygen atoms in total. The van der Waals surface area contributed by atoms with E-state index in [2.05, 4.69) is 53.6 Å². The molecule has 4 rings (SSSR count). The normalized spacial score (nSPS) is 14.6. The van der Waals surface area contributed by atoms with Gasteiger partial charge in [-0.05, 0) is 75.6 Å². The number of ether oxygens (including phenoxy) is 1. The number of carbonyl (C=O) groups excluding carboxylic acids is 1. The molecule has 0 atom stereocenters. The Bertz CT molecular complexity index is 1070. The van der Waals surface area contributed by atoms with Crippen molar-refractivity contribution in [2.45, 2.75) is 77.4 Å². The van der Waals surface area contributed by atoms with E-state index in [0.29, 0.717) is 5.92 Å². The summed E-state index contributed by atoms with van der Waals surface area (Å²) in [5.74, 6) is 0.581. The van der Waals surface area contributed by atoms with Crippen molar-refractivity contribution in [3.63, 3.8) is 0 Å². The summed E-state index contributed by atoms with van der Waals surface area (Å²) in [5, 5.41) is 11.6. The molecule has 1 fully saturated rings. The highest BCUT2D eigenvalue weighted by Gasteiger charge is 2.33. The van der Waals surface area contributed by atoms with Crippen molar-refractivity contribution in [2.75, 3.05) is 0 Å². The Morgan fingerprint density at radius 1 is 1.13 bits per heavy atom. The van der Waals surface area contributed by atoms with Crippen LogP contribution in [0, 0.1) is 0 Å². The minimum Gasteiger partial charge on any atom is -0.444 e. The molecule has 2 aromatic heterocycles. The van der Waals surface area contributed by atoms with Crippen molar-refractivity contribution < 1.29 is 9.53 Å². The molecule has 2 N–H and O–H groups in total. The SMILES string of the molecule is CCC(CC)(NC(=O)OC(C)(C)C)c1ccc(-c2ccc3[nH]ncc3c2C2CC2)nc1. The largest absolute Gasteiger partial charge is 0.444 e. The maximum absolute atomic E-state index is 12.5. The van der Waals surface area contributed by atoms with E-state index < -0.39 is 17.2 Å². The average Bonchev–Trinajstić information content (AvgIpc) is 3.46. The smallest absolute Gasteiger partial charge is 0.408 e. The molecule has 0 radical (unpaired) electrons. The molecule has 0 aliphatic heterocycles. The summed E-state index contributed by atoms with van der Waals surface area (Å²) in [6, 6.07) is 8.37. The fraction of sp³-hybridized carbons (Fsp3) is 0.480. The van der Waals surface area contributed by atoms with Gasteiger partial charge in [0.2, 0.25) is 0 Å². The van der Waals surface area contributed by atoms with Crippen LogP contribution >= 0.6 is 0 Å². The van der Waals surface area contributed by atoms with E-state index in [-0.39, 0.29) is 0 Å². The molecule has 1 aliphatic rings. The van der Waals surface area contributed by atoms with Gasteiger partial charge in [0.15, 0.2) is 0 Å². The van der Waals surface area contributed by atoms with Crippen LogP contribution in [0.25, 0.3) is 22.2 Å². The Morgan fingerprint density at radius 2 is 1.87 bits per heavy atom. The maximum Gasteiger partial charge on any atom is 0.408 e. The van der Waals surface area contributed by atoms with Crippen LogP contribution in [0.4, 0.5) is 4.79 Å². The molecule has 1 aromatic carbocycles. The lowest BCUT2D eigenvalue weighted by Crippen LogP contribution is -2.47. The second kappa shape index (κ2) is 7.98. The highest BCUT2D eigenvalue weighted by Crippen LogP contribution is 2.47. The number of benzene rings is 1. The van der Waals surface area contributed by atoms with Gasteiger partial charge in [0.05, 0.1) is 22.9 Å². The van der Waals surface area contributed by atoms with Crippen LogP contribution in [0.2, 0.25) is 0 Å². The van der Waals surface area contributed by atoms with Crippen molar-refractivity contribution in [2.24, 2.45) is 0 Å². The summed E-state index contributed by atoms with van der Waals surface area (Å²) in [4.78, 5) is 17.3. The molecule has 0 saturated heterocycles. The number of aromatic nitrogens is 3. The molecule has 1 amide bonds. The molecule has 31 heavy (non-hydrogen) atoms. The lowest BCUT2D eigenvalue weighted by atomic mass is 9.85. The molecule has 6 heteroatoms. The number of hydrogen-bond donors (Lipinski definition) is 2. The number of carbonyl (C=O) groups is 1. The van der Waals surface area contributed by atoms with Gasteiger partial charge in [-0.15, -0.1) is 0 Å². The number of amides is 1. The minimum atomic E-state index is -0.537. The van der Waals surface area contributed by atoms with Crippen molar-refractivity contribution >= 4 is 17.0 Å². The van der Waals surface area contributed by atoms with E-state index in [1.807, 2.05) is 33.2 Å². The van der Waals surface area contributed by atoms with Crippen LogP contribution in [0.15, 0.2) is 36.7 Å². The molecule has 3 aromatic rings. The molecule has 0 unspecified atom stereocenters. The fourth-order valence-corrected chi connectivity index (χ4v) is 4.32. The van der Waals surface area contributed by atoms with Crippen molar-refractivity contribution in [1.82, 2.24) is 20.5 Å². The summed E-state index contributed by atoms with van der Waals surface area (Å²) in [5.41, 5.74) is 4.47. The van der Waals surface area contributed by atoms with E-state index in [1.165, 1.54) is 29.4 Å². The number of alkyl carbamates (subject to hydrolysis) is 1. The molecule has 2 heterocycles. The van der Waals surface area contributed by atoms with Gasteiger partial charge < -0.3 is 10.1 Å². The lowest BCUT2D eigenvalue weighted by Gasteiger charge is -2.34. The van der Waals surface area contributed by atoms with Crippen LogP contribution in [0.1, 0.15) is 77.3 Å². The number of hydrogen-bond acceptors (Lipinski definition) is 4. The van der Waals surface area contributed by atoms with E-state index in [0.717, 1.165) is 29.6 Å². The van der Waals surface area contributed by atoms with E-state index in [1.54, 1.807) is 0 Å². The maximum atomic E-state index is 12.5. The van der Waals surface area contributed by atoms with Crippen LogP contribution in [-0.2, 0) is 10.3 Å². The summed E-state index contributed by atoms with van der Waals surface area (Å²) < 4.78 is 5.51. The second-order valence-electron chi connectivity index (χ2n) is 9.48. The van der Waals surface area contributed by atoms with E-state index in [4.69, 9.17) is 9.72 Å². The highest BCUT2D eigenvalue weighted by molar-refractivity contribution is 5.89. The number of nitrogens with zero attached hydrogens (tertiary/aromatic N) is 2. The second-order valence-corrected chi connectivity index (χ2v) is 9.48. The summed E-state index contributed by atoms with van der Waals surface area (Å²) >= 11 is 0. The first-order valence-electron chi connectivity index (χ1n) is 11.2. The van der Waals surface area contributed by atoms with Gasteiger partial charge in [-0.3, -0.25) is 10.1 Å². The van der Waals surface area contributed by atoms with Gasteiger partial charge in [0.25, 0.3) is 0 Å². The molecule has 0 spiro atoms. The first-order valence-corrected chi connectivity index (χ1v) is 11.2. The molecule has 1 saturated carbocycles. The summed E-state index contributed by atoms with van der Waals surface area (Å²) in [6.45, 7) is 9.77. The predicted octanol–water partition coefficient (Wildman–Crippen LogP) is 6.04. The van der Waals surface area contributed by atoms with Gasteiger partial charge in [-0.1, -0.05) is 26.0 Å². The van der Waals surface area contributed by atoms with Gasteiger partial charge in [0, 0.05) is 17.1 Å². The topological polar surface area (TPSA) is 79.9 Å². The van der Waals surface area contributed by atoms with Crippen LogP contribution in [0.5, 0.6) is 0 Å². The quantitative estimate of drug-likeness (QED) is 0.509. The standard InChI is InChI=1S/C25H32N4O2/c1-6-25(7-2,28-23(30)31-24(3,4)5)17-10-12-20(26-14-17)18-11-13-21-19(15-27-29-21)22(18)16-8-9-16/h10-16H,6-9H2,1-5H3,(H,27,29)(H,28,30). The number of pyridine rings is 1. The molecule has 164 valence electrons. The van der Waals surface area contributed by atoms with Gasteiger partial charge in [0.1, 0.15) is 5.60 Å².